The minimum atomic E-state index is 0.757. The monoisotopic (exact) mass is 243 g/mol. The van der Waals surface area contributed by atoms with E-state index in [0.717, 1.165) is 33.9 Å². The Morgan fingerprint density at radius 2 is 1.94 bits per heavy atom. The zero-order chi connectivity index (χ0) is 12.5. The highest BCUT2D eigenvalue weighted by Crippen LogP contribution is 2.36. The lowest BCUT2D eigenvalue weighted by Gasteiger charge is -2.08. The molecule has 0 aliphatic carbocycles. The first-order chi connectivity index (χ1) is 8.81. The number of methoxy groups -OCH3 is 2. The molecule has 2 heterocycles. The van der Waals surface area contributed by atoms with Crippen molar-refractivity contribution in [2.45, 2.75) is 0 Å². The maximum atomic E-state index is 5.77. The van der Waals surface area contributed by atoms with Crippen LogP contribution in [0.1, 0.15) is 0 Å². The van der Waals surface area contributed by atoms with Crippen molar-refractivity contribution in [3.63, 3.8) is 0 Å². The summed E-state index contributed by atoms with van der Waals surface area (Å²) >= 11 is 0. The van der Waals surface area contributed by atoms with Crippen LogP contribution < -0.4 is 9.47 Å². The molecule has 3 rings (SSSR count). The fraction of sp³-hybridized carbons (Fsp3) is 0.143. The lowest BCUT2D eigenvalue weighted by molar-refractivity contribution is 0.403. The number of hydrogen-bond donors (Lipinski definition) is 1. The van der Waals surface area contributed by atoms with Crippen LogP contribution in [0.5, 0.6) is 11.5 Å². The van der Waals surface area contributed by atoms with Crippen LogP contribution in [-0.4, -0.2) is 19.2 Å². The summed E-state index contributed by atoms with van der Waals surface area (Å²) < 4.78 is 16.3. The minimum Gasteiger partial charge on any atom is -0.497 e. The first kappa shape index (κ1) is 10.8. The third kappa shape index (κ3) is 1.62. The first-order valence-corrected chi connectivity index (χ1v) is 5.61. The van der Waals surface area contributed by atoms with Gasteiger partial charge in [-0.1, -0.05) is 0 Å². The average Bonchev–Trinajstić information content (AvgIpc) is 2.98. The van der Waals surface area contributed by atoms with Crippen LogP contribution in [0.15, 0.2) is 40.9 Å². The van der Waals surface area contributed by atoms with E-state index in [9.17, 15) is 0 Å². The van der Waals surface area contributed by atoms with E-state index >= 15 is 0 Å². The number of aromatic amines is 1. The van der Waals surface area contributed by atoms with Crippen molar-refractivity contribution in [2.75, 3.05) is 14.2 Å². The van der Waals surface area contributed by atoms with Gasteiger partial charge < -0.3 is 18.9 Å². The molecule has 4 nitrogen and oxygen atoms in total. The zero-order valence-electron chi connectivity index (χ0n) is 10.2. The Hall–Kier alpha value is -2.36. The Labute approximate surface area is 104 Å². The second-order valence-electron chi connectivity index (χ2n) is 3.93. The van der Waals surface area contributed by atoms with Crippen molar-refractivity contribution < 1.29 is 13.9 Å². The van der Waals surface area contributed by atoms with E-state index in [2.05, 4.69) is 4.98 Å². The molecule has 1 N–H and O–H groups in total. The summed E-state index contributed by atoms with van der Waals surface area (Å²) in [6.07, 6.45) is 1.85. The first-order valence-electron chi connectivity index (χ1n) is 5.61. The van der Waals surface area contributed by atoms with Crippen LogP contribution in [0, 0.1) is 0 Å². The number of ether oxygens (including phenoxy) is 2. The fourth-order valence-electron chi connectivity index (χ4n) is 1.99. The van der Waals surface area contributed by atoms with Crippen molar-refractivity contribution in [3.05, 3.63) is 36.5 Å². The summed E-state index contributed by atoms with van der Waals surface area (Å²) in [6, 6.07) is 9.47. The van der Waals surface area contributed by atoms with E-state index in [-0.39, 0.29) is 0 Å². The van der Waals surface area contributed by atoms with Gasteiger partial charge in [0.2, 0.25) is 0 Å². The number of hydrogen-bond acceptors (Lipinski definition) is 3. The summed E-state index contributed by atoms with van der Waals surface area (Å²) in [5.41, 5.74) is 2.67. The van der Waals surface area contributed by atoms with Crippen molar-refractivity contribution in [2.24, 2.45) is 0 Å². The molecule has 0 aliphatic rings. The molecule has 0 radical (unpaired) electrons. The lowest BCUT2D eigenvalue weighted by atomic mass is 10.1. The largest absolute Gasteiger partial charge is 0.497 e. The SMILES string of the molecule is COc1ccc(OC)c(-c2cc3[nH]ccc3o2)c1. The quantitative estimate of drug-likeness (QED) is 0.766. The second kappa shape index (κ2) is 4.14. The number of rotatable bonds is 3. The molecule has 0 atom stereocenters. The number of fused-ring (bicyclic) bond motifs is 1. The molecule has 0 saturated carbocycles. The molecule has 2 aromatic heterocycles. The molecule has 0 saturated heterocycles. The minimum absolute atomic E-state index is 0.757. The smallest absolute Gasteiger partial charge is 0.152 e. The van der Waals surface area contributed by atoms with E-state index < -0.39 is 0 Å². The van der Waals surface area contributed by atoms with Crippen molar-refractivity contribution in [1.82, 2.24) is 4.98 Å². The summed E-state index contributed by atoms with van der Waals surface area (Å²) in [5.74, 6) is 2.28. The van der Waals surface area contributed by atoms with Gasteiger partial charge in [0.05, 0.1) is 25.3 Å². The fourth-order valence-corrected chi connectivity index (χ4v) is 1.99. The Kier molecular flexibility index (Phi) is 2.48. The van der Waals surface area contributed by atoms with Crippen LogP contribution in [-0.2, 0) is 0 Å². The summed E-state index contributed by atoms with van der Waals surface area (Å²) in [5, 5.41) is 0. The van der Waals surface area contributed by atoms with Crippen LogP contribution >= 0.6 is 0 Å². The third-order valence-electron chi connectivity index (χ3n) is 2.91. The highest BCUT2D eigenvalue weighted by Gasteiger charge is 2.13. The number of furan rings is 1. The molecule has 4 heteroatoms. The molecule has 0 spiro atoms. The van der Waals surface area contributed by atoms with Crippen LogP contribution in [0.4, 0.5) is 0 Å². The molecular formula is C14H13NO3. The van der Waals surface area contributed by atoms with Gasteiger partial charge in [-0.2, -0.15) is 0 Å². The topological polar surface area (TPSA) is 47.4 Å². The zero-order valence-corrected chi connectivity index (χ0v) is 10.2. The van der Waals surface area contributed by atoms with Crippen molar-refractivity contribution >= 4 is 11.1 Å². The number of H-pyrrole nitrogens is 1. The van der Waals surface area contributed by atoms with Gasteiger partial charge in [0.25, 0.3) is 0 Å². The van der Waals surface area contributed by atoms with Gasteiger partial charge in [-0.3, -0.25) is 0 Å². The van der Waals surface area contributed by atoms with E-state index in [1.165, 1.54) is 0 Å². The molecule has 0 fully saturated rings. The third-order valence-corrected chi connectivity index (χ3v) is 2.91. The number of nitrogens with one attached hydrogen (secondary N) is 1. The molecular weight excluding hydrogens is 230 g/mol. The van der Waals surface area contributed by atoms with E-state index in [1.54, 1.807) is 14.2 Å². The van der Waals surface area contributed by atoms with Gasteiger partial charge in [0.15, 0.2) is 5.58 Å². The summed E-state index contributed by atoms with van der Waals surface area (Å²) in [4.78, 5) is 3.11. The van der Waals surface area contributed by atoms with Gasteiger partial charge in [0, 0.05) is 12.3 Å². The summed E-state index contributed by atoms with van der Waals surface area (Å²) in [7, 11) is 3.28. The molecule has 18 heavy (non-hydrogen) atoms. The molecule has 92 valence electrons. The van der Waals surface area contributed by atoms with Gasteiger partial charge in [-0.05, 0) is 24.3 Å². The van der Waals surface area contributed by atoms with E-state index in [1.807, 2.05) is 36.5 Å². The second-order valence-corrected chi connectivity index (χ2v) is 3.93. The standard InChI is InChI=1S/C14H13NO3/c1-16-9-3-4-12(17-2)10(7-9)14-8-11-13(18-14)5-6-15-11/h3-8,15H,1-2H3. The Balaban J connectivity index is 2.17. The van der Waals surface area contributed by atoms with Gasteiger partial charge >= 0.3 is 0 Å². The Morgan fingerprint density at radius 1 is 1.06 bits per heavy atom. The highest BCUT2D eigenvalue weighted by atomic mass is 16.5. The predicted molar refractivity (Wildman–Crippen MR) is 69.1 cm³/mol. The Morgan fingerprint density at radius 3 is 2.67 bits per heavy atom. The van der Waals surface area contributed by atoms with Crippen LogP contribution in [0.25, 0.3) is 22.4 Å². The van der Waals surface area contributed by atoms with E-state index in [0.29, 0.717) is 0 Å². The Bertz CT molecular complexity index is 653. The molecule has 3 aromatic rings. The molecule has 0 amide bonds. The number of benzene rings is 1. The maximum Gasteiger partial charge on any atom is 0.152 e. The van der Waals surface area contributed by atoms with Gasteiger partial charge in [0.1, 0.15) is 17.3 Å². The molecule has 0 unspecified atom stereocenters. The maximum absolute atomic E-state index is 5.77. The van der Waals surface area contributed by atoms with Crippen LogP contribution in [0.2, 0.25) is 0 Å². The van der Waals surface area contributed by atoms with Crippen molar-refractivity contribution in [1.29, 1.82) is 0 Å². The molecule has 0 aliphatic heterocycles. The molecule has 1 aromatic carbocycles. The van der Waals surface area contributed by atoms with Crippen LogP contribution in [0.3, 0.4) is 0 Å². The van der Waals surface area contributed by atoms with E-state index in [4.69, 9.17) is 13.9 Å². The average molecular weight is 243 g/mol. The van der Waals surface area contributed by atoms with Gasteiger partial charge in [-0.15, -0.1) is 0 Å². The normalized spacial score (nSPS) is 10.8. The van der Waals surface area contributed by atoms with Gasteiger partial charge in [-0.25, -0.2) is 0 Å². The molecule has 0 bridgehead atoms. The summed E-state index contributed by atoms with van der Waals surface area (Å²) in [6.45, 7) is 0. The lowest BCUT2D eigenvalue weighted by Crippen LogP contribution is -1.89. The van der Waals surface area contributed by atoms with Crippen molar-refractivity contribution in [3.8, 4) is 22.8 Å². The highest BCUT2D eigenvalue weighted by molar-refractivity contribution is 5.81. The number of aromatic nitrogens is 1. The predicted octanol–water partition coefficient (Wildman–Crippen LogP) is 3.45.